The van der Waals surface area contributed by atoms with E-state index in [2.05, 4.69) is 59.4 Å². The molecule has 1 aromatic rings. The van der Waals surface area contributed by atoms with E-state index in [1.807, 2.05) is 0 Å². The fourth-order valence-corrected chi connectivity index (χ4v) is 5.21. The van der Waals surface area contributed by atoms with Gasteiger partial charge in [-0.05, 0) is 54.3 Å². The number of hydrogen-bond donors (Lipinski definition) is 1. The zero-order valence-electron chi connectivity index (χ0n) is 12.7. The van der Waals surface area contributed by atoms with E-state index in [1.54, 1.807) is 0 Å². The van der Waals surface area contributed by atoms with Crippen LogP contribution in [0.15, 0.2) is 28.7 Å². The second-order valence-electron chi connectivity index (χ2n) is 7.31. The number of rotatable bonds is 1. The first-order valence-corrected chi connectivity index (χ1v) is 8.81. The highest BCUT2D eigenvalue weighted by molar-refractivity contribution is 9.10. The van der Waals surface area contributed by atoms with Crippen LogP contribution in [0.25, 0.3) is 0 Å². The molecule has 0 amide bonds. The van der Waals surface area contributed by atoms with Crippen LogP contribution in [0.1, 0.15) is 57.4 Å². The smallest absolute Gasteiger partial charge is 0.0178 e. The quantitative estimate of drug-likeness (QED) is 0.751. The van der Waals surface area contributed by atoms with Crippen molar-refractivity contribution in [3.63, 3.8) is 0 Å². The summed E-state index contributed by atoms with van der Waals surface area (Å²) >= 11 is 3.65. The van der Waals surface area contributed by atoms with Crippen LogP contribution < -0.4 is 5.32 Å². The predicted molar refractivity (Wildman–Crippen MR) is 89.1 cm³/mol. The van der Waals surface area contributed by atoms with Crippen LogP contribution in [0, 0.1) is 10.8 Å². The molecule has 110 valence electrons. The zero-order valence-corrected chi connectivity index (χ0v) is 14.3. The Balaban J connectivity index is 2.02. The summed E-state index contributed by atoms with van der Waals surface area (Å²) in [6, 6.07) is 8.99. The van der Waals surface area contributed by atoms with Gasteiger partial charge in [-0.2, -0.15) is 0 Å². The van der Waals surface area contributed by atoms with Crippen molar-refractivity contribution >= 4 is 15.9 Å². The maximum atomic E-state index is 3.65. The van der Waals surface area contributed by atoms with E-state index in [1.165, 1.54) is 48.7 Å². The Labute approximate surface area is 131 Å². The third-order valence-electron chi connectivity index (χ3n) is 6.04. The van der Waals surface area contributed by atoms with Crippen LogP contribution in [-0.4, -0.2) is 13.1 Å². The van der Waals surface area contributed by atoms with Gasteiger partial charge in [0, 0.05) is 16.9 Å². The summed E-state index contributed by atoms with van der Waals surface area (Å²) in [5, 5.41) is 3.65. The van der Waals surface area contributed by atoms with Crippen molar-refractivity contribution in [2.24, 2.45) is 10.8 Å². The molecule has 1 nitrogen and oxygen atoms in total. The average Bonchev–Trinajstić information content (AvgIpc) is 2.43. The van der Waals surface area contributed by atoms with Crippen molar-refractivity contribution in [3.8, 4) is 0 Å². The Morgan fingerprint density at radius 2 is 1.95 bits per heavy atom. The van der Waals surface area contributed by atoms with Gasteiger partial charge in [-0.1, -0.05) is 54.8 Å². The van der Waals surface area contributed by atoms with E-state index in [0.29, 0.717) is 16.7 Å². The lowest BCUT2D eigenvalue weighted by atomic mass is 9.49. The van der Waals surface area contributed by atoms with Crippen LogP contribution in [0.4, 0.5) is 0 Å². The summed E-state index contributed by atoms with van der Waals surface area (Å²) in [6.45, 7) is 7.36. The molecule has 0 radical (unpaired) electrons. The van der Waals surface area contributed by atoms with E-state index in [0.717, 1.165) is 6.54 Å². The van der Waals surface area contributed by atoms with Crippen molar-refractivity contribution in [1.29, 1.82) is 0 Å². The fourth-order valence-electron chi connectivity index (χ4n) is 4.79. The molecule has 20 heavy (non-hydrogen) atoms. The lowest BCUT2D eigenvalue weighted by Crippen LogP contribution is -2.53. The van der Waals surface area contributed by atoms with Gasteiger partial charge in [-0.3, -0.25) is 0 Å². The molecule has 1 aliphatic carbocycles. The molecule has 1 N–H and O–H groups in total. The molecule has 2 fully saturated rings. The third-order valence-corrected chi connectivity index (χ3v) is 6.53. The molecule has 1 heterocycles. The highest BCUT2D eigenvalue weighted by Gasteiger charge is 2.52. The summed E-state index contributed by atoms with van der Waals surface area (Å²) in [5.74, 6) is 0.657. The second-order valence-corrected chi connectivity index (χ2v) is 8.22. The van der Waals surface area contributed by atoms with Gasteiger partial charge in [0.25, 0.3) is 0 Å². The number of halogens is 1. The highest BCUT2D eigenvalue weighted by Crippen LogP contribution is 2.60. The van der Waals surface area contributed by atoms with E-state index in [9.17, 15) is 0 Å². The van der Waals surface area contributed by atoms with Crippen LogP contribution >= 0.6 is 15.9 Å². The molecular formula is C18H26BrN. The molecule has 2 heteroatoms. The highest BCUT2D eigenvalue weighted by atomic mass is 79.9. The minimum atomic E-state index is 0.459. The molecular weight excluding hydrogens is 310 g/mol. The first kappa shape index (κ1) is 14.6. The van der Waals surface area contributed by atoms with Gasteiger partial charge in [0.2, 0.25) is 0 Å². The molecule has 0 bridgehead atoms. The molecule has 2 unspecified atom stereocenters. The Hall–Kier alpha value is -0.340. The number of hydrogen-bond acceptors (Lipinski definition) is 1. The van der Waals surface area contributed by atoms with Gasteiger partial charge >= 0.3 is 0 Å². The topological polar surface area (TPSA) is 12.0 Å². The van der Waals surface area contributed by atoms with Gasteiger partial charge < -0.3 is 5.32 Å². The molecule has 2 aliphatic rings. The lowest BCUT2D eigenvalue weighted by Gasteiger charge is -2.57. The summed E-state index contributed by atoms with van der Waals surface area (Å²) < 4.78 is 1.21. The molecule has 2 atom stereocenters. The molecule has 1 saturated carbocycles. The molecule has 1 spiro atoms. The molecule has 0 aromatic heterocycles. The Morgan fingerprint density at radius 1 is 1.15 bits per heavy atom. The van der Waals surface area contributed by atoms with Gasteiger partial charge in [0.1, 0.15) is 0 Å². The monoisotopic (exact) mass is 335 g/mol. The normalized spacial score (nSPS) is 33.2. The van der Waals surface area contributed by atoms with E-state index in [-0.39, 0.29) is 0 Å². The number of piperidine rings is 1. The zero-order chi connectivity index (χ0) is 14.2. The molecule has 3 rings (SSSR count). The van der Waals surface area contributed by atoms with Gasteiger partial charge in [0.15, 0.2) is 0 Å². The van der Waals surface area contributed by atoms with Gasteiger partial charge in [-0.25, -0.2) is 0 Å². The van der Waals surface area contributed by atoms with Crippen molar-refractivity contribution < 1.29 is 0 Å². The molecule has 1 saturated heterocycles. The van der Waals surface area contributed by atoms with E-state index >= 15 is 0 Å². The third kappa shape index (κ3) is 2.35. The van der Waals surface area contributed by atoms with Gasteiger partial charge in [-0.15, -0.1) is 0 Å². The Bertz CT molecular complexity index is 476. The van der Waals surface area contributed by atoms with Crippen LogP contribution in [0.3, 0.4) is 0 Å². The minimum Gasteiger partial charge on any atom is -0.316 e. The van der Waals surface area contributed by atoms with Gasteiger partial charge in [0.05, 0.1) is 0 Å². The largest absolute Gasteiger partial charge is 0.316 e. The first-order valence-electron chi connectivity index (χ1n) is 8.01. The summed E-state index contributed by atoms with van der Waals surface area (Å²) in [7, 11) is 0. The van der Waals surface area contributed by atoms with Crippen molar-refractivity contribution in [1.82, 2.24) is 5.32 Å². The Morgan fingerprint density at radius 3 is 2.70 bits per heavy atom. The average molecular weight is 336 g/mol. The van der Waals surface area contributed by atoms with Crippen LogP contribution in [0.2, 0.25) is 0 Å². The lowest BCUT2D eigenvalue weighted by molar-refractivity contribution is -0.0320. The maximum absolute atomic E-state index is 3.65. The minimum absolute atomic E-state index is 0.459. The number of benzene rings is 1. The number of nitrogens with one attached hydrogen (secondary N) is 1. The molecule has 1 aliphatic heterocycles. The predicted octanol–water partition coefficient (Wildman–Crippen LogP) is 5.11. The summed E-state index contributed by atoms with van der Waals surface area (Å²) in [6.07, 6.45) is 6.94. The standard InChI is InChI=1S/C18H26BrN/c1-17(2)8-3-4-9-18(17)10-11-20-13-16(18)14-6-5-7-15(19)12-14/h5-7,12,16,20H,3-4,8-11,13H2,1-2H3. The summed E-state index contributed by atoms with van der Waals surface area (Å²) in [4.78, 5) is 0. The maximum Gasteiger partial charge on any atom is 0.0178 e. The fraction of sp³-hybridized carbons (Fsp3) is 0.667. The Kier molecular flexibility index (Phi) is 3.98. The SMILES string of the molecule is CC1(C)CCCCC12CCNCC2c1cccc(Br)c1. The first-order chi connectivity index (χ1) is 9.55. The van der Waals surface area contributed by atoms with E-state index < -0.39 is 0 Å². The molecule has 1 aromatic carbocycles. The van der Waals surface area contributed by atoms with E-state index in [4.69, 9.17) is 0 Å². The van der Waals surface area contributed by atoms with Crippen molar-refractivity contribution in [2.45, 2.75) is 51.9 Å². The van der Waals surface area contributed by atoms with Crippen molar-refractivity contribution in [2.75, 3.05) is 13.1 Å². The van der Waals surface area contributed by atoms with Crippen molar-refractivity contribution in [3.05, 3.63) is 34.3 Å². The second kappa shape index (κ2) is 5.46. The van der Waals surface area contributed by atoms with Crippen LogP contribution in [-0.2, 0) is 0 Å². The summed E-state index contributed by atoms with van der Waals surface area (Å²) in [5.41, 5.74) is 2.46. The van der Waals surface area contributed by atoms with Crippen LogP contribution in [0.5, 0.6) is 0 Å².